The van der Waals surface area contributed by atoms with Crippen molar-refractivity contribution in [3.05, 3.63) is 65.2 Å². The number of nitrogens with one attached hydrogen (secondary N) is 1. The third-order valence-corrected chi connectivity index (χ3v) is 4.80. The SMILES string of the molecule is O=C(O)c1ccc(CNC2(c3cccc(OC(F)(F)F)c3)CCOCC2)cc1. The molecule has 28 heavy (non-hydrogen) atoms. The van der Waals surface area contributed by atoms with Crippen molar-refractivity contribution in [2.24, 2.45) is 0 Å². The number of aromatic carboxylic acids is 1. The van der Waals surface area contributed by atoms with E-state index in [0.717, 1.165) is 5.56 Å². The Bertz CT molecular complexity index is 815. The maximum atomic E-state index is 12.6. The summed E-state index contributed by atoms with van der Waals surface area (Å²) in [6, 6.07) is 12.5. The van der Waals surface area contributed by atoms with Crippen molar-refractivity contribution in [3.8, 4) is 5.75 Å². The topological polar surface area (TPSA) is 67.8 Å². The van der Waals surface area contributed by atoms with Crippen molar-refractivity contribution in [1.82, 2.24) is 5.32 Å². The zero-order valence-electron chi connectivity index (χ0n) is 15.0. The predicted molar refractivity (Wildman–Crippen MR) is 95.1 cm³/mol. The molecule has 0 saturated carbocycles. The van der Waals surface area contributed by atoms with Crippen molar-refractivity contribution < 1.29 is 32.5 Å². The second-order valence-electron chi connectivity index (χ2n) is 6.63. The van der Waals surface area contributed by atoms with E-state index in [-0.39, 0.29) is 11.3 Å². The van der Waals surface area contributed by atoms with Crippen molar-refractivity contribution in [3.63, 3.8) is 0 Å². The van der Waals surface area contributed by atoms with Crippen molar-refractivity contribution in [2.45, 2.75) is 31.3 Å². The third kappa shape index (κ3) is 5.02. The van der Waals surface area contributed by atoms with Crippen LogP contribution in [-0.4, -0.2) is 30.7 Å². The third-order valence-electron chi connectivity index (χ3n) is 4.80. The van der Waals surface area contributed by atoms with E-state index in [1.807, 2.05) is 0 Å². The molecule has 1 saturated heterocycles. The maximum Gasteiger partial charge on any atom is 0.573 e. The highest BCUT2D eigenvalue weighted by Crippen LogP contribution is 2.35. The number of alkyl halides is 3. The smallest absolute Gasteiger partial charge is 0.478 e. The molecule has 0 unspecified atom stereocenters. The first kappa shape index (κ1) is 20.2. The van der Waals surface area contributed by atoms with Gasteiger partial charge in [-0.25, -0.2) is 4.79 Å². The Hall–Kier alpha value is -2.58. The molecule has 0 atom stereocenters. The molecule has 0 amide bonds. The Morgan fingerprint density at radius 2 is 1.82 bits per heavy atom. The van der Waals surface area contributed by atoms with Gasteiger partial charge in [-0.1, -0.05) is 24.3 Å². The molecule has 2 aromatic carbocycles. The average Bonchev–Trinajstić information content (AvgIpc) is 2.66. The molecule has 0 aliphatic carbocycles. The van der Waals surface area contributed by atoms with Crippen LogP contribution in [0, 0.1) is 0 Å². The van der Waals surface area contributed by atoms with Gasteiger partial charge in [0.15, 0.2) is 0 Å². The summed E-state index contributed by atoms with van der Waals surface area (Å²) in [6.07, 6.45) is -3.56. The van der Waals surface area contributed by atoms with Crippen LogP contribution in [0.2, 0.25) is 0 Å². The Balaban J connectivity index is 1.80. The normalized spacial score (nSPS) is 16.5. The van der Waals surface area contributed by atoms with Crippen LogP contribution in [-0.2, 0) is 16.8 Å². The summed E-state index contributed by atoms with van der Waals surface area (Å²) in [4.78, 5) is 11.0. The average molecular weight is 395 g/mol. The highest BCUT2D eigenvalue weighted by molar-refractivity contribution is 5.87. The van der Waals surface area contributed by atoms with Crippen LogP contribution < -0.4 is 10.1 Å². The fourth-order valence-corrected chi connectivity index (χ4v) is 3.31. The van der Waals surface area contributed by atoms with Gasteiger partial charge in [-0.2, -0.15) is 0 Å². The molecule has 0 bridgehead atoms. The van der Waals surface area contributed by atoms with Crippen molar-refractivity contribution >= 4 is 5.97 Å². The maximum absolute atomic E-state index is 12.6. The number of halogens is 3. The first-order valence-corrected chi connectivity index (χ1v) is 8.79. The first-order chi connectivity index (χ1) is 13.3. The van der Waals surface area contributed by atoms with Gasteiger partial charge in [0.1, 0.15) is 5.75 Å². The van der Waals surface area contributed by atoms with Crippen LogP contribution in [0.3, 0.4) is 0 Å². The zero-order valence-corrected chi connectivity index (χ0v) is 15.0. The minimum absolute atomic E-state index is 0.196. The van der Waals surface area contributed by atoms with Crippen LogP contribution in [0.5, 0.6) is 5.75 Å². The molecule has 1 fully saturated rings. The lowest BCUT2D eigenvalue weighted by atomic mass is 9.82. The van der Waals surface area contributed by atoms with Crippen LogP contribution in [0.15, 0.2) is 48.5 Å². The molecule has 3 rings (SSSR count). The van der Waals surface area contributed by atoms with Crippen LogP contribution in [0.4, 0.5) is 13.2 Å². The summed E-state index contributed by atoms with van der Waals surface area (Å²) in [5.74, 6) is -1.26. The number of ether oxygens (including phenoxy) is 2. The fourth-order valence-electron chi connectivity index (χ4n) is 3.31. The van der Waals surface area contributed by atoms with E-state index in [0.29, 0.717) is 38.2 Å². The molecular weight excluding hydrogens is 375 g/mol. The van der Waals surface area contributed by atoms with Gasteiger partial charge in [-0.3, -0.25) is 0 Å². The molecule has 2 N–H and O–H groups in total. The number of carboxylic acids is 1. The first-order valence-electron chi connectivity index (χ1n) is 8.79. The molecule has 1 aliphatic rings. The largest absolute Gasteiger partial charge is 0.573 e. The van der Waals surface area contributed by atoms with Gasteiger partial charge < -0.3 is 19.9 Å². The summed E-state index contributed by atoms with van der Waals surface area (Å²) in [6.45, 7) is 1.40. The van der Waals surface area contributed by atoms with Gasteiger partial charge in [0.05, 0.1) is 5.56 Å². The van der Waals surface area contributed by atoms with Gasteiger partial charge in [0.2, 0.25) is 0 Å². The number of benzene rings is 2. The van der Waals surface area contributed by atoms with E-state index in [1.165, 1.54) is 30.3 Å². The summed E-state index contributed by atoms with van der Waals surface area (Å²) in [5, 5.41) is 12.4. The standard InChI is InChI=1S/C20H20F3NO4/c21-20(22,23)28-17-3-1-2-16(12-17)19(8-10-27-11-9-19)24-13-14-4-6-15(7-5-14)18(25)26/h1-7,12,24H,8-11,13H2,(H,25,26). The lowest BCUT2D eigenvalue weighted by Gasteiger charge is -2.39. The molecule has 0 radical (unpaired) electrons. The number of hydrogen-bond donors (Lipinski definition) is 2. The Kier molecular flexibility index (Phi) is 5.90. The van der Waals surface area contributed by atoms with Gasteiger partial charge in [-0.15, -0.1) is 13.2 Å². The lowest BCUT2D eigenvalue weighted by Crippen LogP contribution is -2.46. The summed E-state index contributed by atoms with van der Waals surface area (Å²) in [5.41, 5.74) is 1.20. The lowest BCUT2D eigenvalue weighted by molar-refractivity contribution is -0.274. The molecular formula is C20H20F3NO4. The van der Waals surface area contributed by atoms with E-state index < -0.39 is 17.9 Å². The van der Waals surface area contributed by atoms with Crippen molar-refractivity contribution in [1.29, 1.82) is 0 Å². The highest BCUT2D eigenvalue weighted by Gasteiger charge is 2.36. The molecule has 8 heteroatoms. The Morgan fingerprint density at radius 1 is 1.14 bits per heavy atom. The number of hydrogen-bond acceptors (Lipinski definition) is 4. The molecule has 0 spiro atoms. The van der Waals surface area contributed by atoms with E-state index in [1.54, 1.807) is 18.2 Å². The second kappa shape index (κ2) is 8.20. The molecule has 150 valence electrons. The molecule has 1 aliphatic heterocycles. The summed E-state index contributed by atoms with van der Waals surface area (Å²) in [7, 11) is 0. The molecule has 1 heterocycles. The van der Waals surface area contributed by atoms with E-state index in [9.17, 15) is 18.0 Å². The fraction of sp³-hybridized carbons (Fsp3) is 0.350. The number of carbonyl (C=O) groups is 1. The molecule has 0 aromatic heterocycles. The Morgan fingerprint density at radius 3 is 2.43 bits per heavy atom. The zero-order chi connectivity index (χ0) is 20.2. The number of rotatable bonds is 6. The quantitative estimate of drug-likeness (QED) is 0.772. The summed E-state index contributed by atoms with van der Waals surface area (Å²) >= 11 is 0. The van der Waals surface area contributed by atoms with Crippen LogP contribution >= 0.6 is 0 Å². The van der Waals surface area contributed by atoms with Crippen LogP contribution in [0.1, 0.15) is 34.3 Å². The van der Waals surface area contributed by atoms with Gasteiger partial charge in [-0.05, 0) is 48.2 Å². The van der Waals surface area contributed by atoms with Gasteiger partial charge in [0, 0.05) is 25.3 Å². The molecule has 2 aromatic rings. The monoisotopic (exact) mass is 395 g/mol. The highest BCUT2D eigenvalue weighted by atomic mass is 19.4. The predicted octanol–water partition coefficient (Wildman–Crippen LogP) is 4.08. The van der Waals surface area contributed by atoms with Crippen molar-refractivity contribution in [2.75, 3.05) is 13.2 Å². The van der Waals surface area contributed by atoms with Crippen LogP contribution in [0.25, 0.3) is 0 Å². The van der Waals surface area contributed by atoms with E-state index in [2.05, 4.69) is 10.1 Å². The second-order valence-corrected chi connectivity index (χ2v) is 6.63. The van der Waals surface area contributed by atoms with E-state index >= 15 is 0 Å². The van der Waals surface area contributed by atoms with Gasteiger partial charge >= 0.3 is 12.3 Å². The van der Waals surface area contributed by atoms with E-state index in [4.69, 9.17) is 9.84 Å². The number of carboxylic acid groups (broad SMARTS) is 1. The molecule has 5 nitrogen and oxygen atoms in total. The minimum Gasteiger partial charge on any atom is -0.478 e. The Labute approximate surface area is 160 Å². The minimum atomic E-state index is -4.75. The van der Waals surface area contributed by atoms with Gasteiger partial charge in [0.25, 0.3) is 0 Å². The summed E-state index contributed by atoms with van der Waals surface area (Å²) < 4.78 is 47.2.